The van der Waals surface area contributed by atoms with Crippen LogP contribution in [-0.4, -0.2) is 60.5 Å². The van der Waals surface area contributed by atoms with Crippen molar-refractivity contribution < 1.29 is 27.2 Å². The number of furan rings is 1. The van der Waals surface area contributed by atoms with E-state index in [1.165, 1.54) is 30.7 Å². The van der Waals surface area contributed by atoms with Crippen molar-refractivity contribution in [2.24, 2.45) is 5.92 Å². The number of aromatic nitrogens is 1. The minimum atomic E-state index is -4.48. The van der Waals surface area contributed by atoms with Crippen LogP contribution in [0.15, 0.2) is 52.2 Å². The molecule has 2 N–H and O–H groups in total. The number of nitrogens with zero attached hydrogens (tertiary/aromatic N) is 2. The lowest BCUT2D eigenvalue weighted by atomic mass is 9.84. The van der Waals surface area contributed by atoms with Gasteiger partial charge in [0.1, 0.15) is 12.1 Å². The van der Waals surface area contributed by atoms with Gasteiger partial charge >= 0.3 is 0 Å². The smallest absolute Gasteiger partial charge is 0.287 e. The first-order valence-corrected chi connectivity index (χ1v) is 13.9. The normalized spacial score (nSPS) is 20.3. The third-order valence-corrected chi connectivity index (χ3v) is 8.53. The standard InChI is InChI=1S/C25H32N4O6S/c30-21-17-26-13-6-10-20(21)29(36(33,34)23-12-4-5-14-27-23)25(32)19(16-18-8-2-1-3-9-18)28-24(31)22-11-7-15-35-22/h4-5,7,11-12,14-15,18-20,26H,1-3,6,8-10,13,16-17H2,(H,28,31)/t19?,20-/m0/s1. The Morgan fingerprint density at radius 1 is 1.11 bits per heavy atom. The lowest BCUT2D eigenvalue weighted by molar-refractivity contribution is -0.135. The second-order valence-electron chi connectivity index (χ2n) is 9.35. The Morgan fingerprint density at radius 2 is 1.92 bits per heavy atom. The van der Waals surface area contributed by atoms with E-state index in [1.54, 1.807) is 12.1 Å². The molecule has 0 aromatic carbocycles. The number of carbonyl (C=O) groups is 3. The molecule has 1 unspecified atom stereocenters. The van der Waals surface area contributed by atoms with E-state index in [-0.39, 0.29) is 36.1 Å². The maximum absolute atomic E-state index is 14.1. The molecule has 1 aliphatic heterocycles. The third-order valence-electron chi connectivity index (χ3n) is 6.81. The van der Waals surface area contributed by atoms with E-state index in [0.29, 0.717) is 17.3 Å². The van der Waals surface area contributed by atoms with Gasteiger partial charge in [-0.3, -0.25) is 14.4 Å². The summed E-state index contributed by atoms with van der Waals surface area (Å²) in [6.07, 6.45) is 8.57. The lowest BCUT2D eigenvalue weighted by Crippen LogP contribution is -2.57. The Kier molecular flexibility index (Phi) is 8.52. The Morgan fingerprint density at radius 3 is 2.61 bits per heavy atom. The van der Waals surface area contributed by atoms with Crippen molar-refractivity contribution >= 4 is 27.6 Å². The molecule has 2 atom stereocenters. The van der Waals surface area contributed by atoms with Crippen molar-refractivity contribution in [3.8, 4) is 0 Å². The number of hydrogen-bond donors (Lipinski definition) is 2. The van der Waals surface area contributed by atoms with Gasteiger partial charge < -0.3 is 15.1 Å². The molecule has 0 bridgehead atoms. The average molecular weight is 517 g/mol. The Balaban J connectivity index is 1.72. The van der Waals surface area contributed by atoms with E-state index in [0.717, 1.165) is 32.1 Å². The first-order valence-electron chi connectivity index (χ1n) is 12.4. The lowest BCUT2D eigenvalue weighted by Gasteiger charge is -2.33. The molecule has 2 aliphatic rings. The van der Waals surface area contributed by atoms with Crippen LogP contribution < -0.4 is 10.6 Å². The van der Waals surface area contributed by atoms with Crippen molar-refractivity contribution in [3.05, 3.63) is 48.6 Å². The topological polar surface area (TPSA) is 139 Å². The molecular formula is C25H32N4O6S. The summed E-state index contributed by atoms with van der Waals surface area (Å²) in [5.41, 5.74) is 0. The number of nitrogens with one attached hydrogen (secondary N) is 2. The maximum atomic E-state index is 14.1. The van der Waals surface area contributed by atoms with Gasteiger partial charge in [-0.2, -0.15) is 8.42 Å². The second kappa shape index (κ2) is 11.8. The summed E-state index contributed by atoms with van der Waals surface area (Å²) in [7, 11) is -4.48. The molecule has 1 saturated carbocycles. The van der Waals surface area contributed by atoms with Gasteiger partial charge in [0.2, 0.25) is 0 Å². The highest BCUT2D eigenvalue weighted by Crippen LogP contribution is 2.30. The number of Topliss-reactive ketones (excluding diaryl/α,β-unsaturated/α-hetero) is 1. The predicted octanol–water partition coefficient (Wildman–Crippen LogP) is 2.28. The van der Waals surface area contributed by atoms with Crippen LogP contribution >= 0.6 is 0 Å². The first kappa shape index (κ1) is 26.0. The molecule has 4 rings (SSSR count). The summed E-state index contributed by atoms with van der Waals surface area (Å²) in [5, 5.41) is 5.36. The summed E-state index contributed by atoms with van der Waals surface area (Å²) >= 11 is 0. The molecule has 1 saturated heterocycles. The van der Waals surface area contributed by atoms with E-state index in [2.05, 4.69) is 15.6 Å². The highest BCUT2D eigenvalue weighted by molar-refractivity contribution is 7.89. The van der Waals surface area contributed by atoms with Crippen molar-refractivity contribution in [2.75, 3.05) is 13.1 Å². The molecule has 36 heavy (non-hydrogen) atoms. The number of rotatable bonds is 8. The molecule has 2 amide bonds. The quantitative estimate of drug-likeness (QED) is 0.545. The highest BCUT2D eigenvalue weighted by atomic mass is 32.2. The van der Waals surface area contributed by atoms with Gasteiger partial charge in [0.05, 0.1) is 12.8 Å². The Hall–Kier alpha value is -3.05. The van der Waals surface area contributed by atoms with Gasteiger partial charge in [0, 0.05) is 6.20 Å². The zero-order valence-electron chi connectivity index (χ0n) is 20.1. The van der Waals surface area contributed by atoms with Gasteiger partial charge in [-0.15, -0.1) is 0 Å². The third kappa shape index (κ3) is 6.01. The van der Waals surface area contributed by atoms with Crippen molar-refractivity contribution in [3.63, 3.8) is 0 Å². The zero-order chi connectivity index (χ0) is 25.5. The van der Waals surface area contributed by atoms with Gasteiger partial charge in [0.15, 0.2) is 16.6 Å². The summed E-state index contributed by atoms with van der Waals surface area (Å²) in [6.45, 7) is 0.493. The van der Waals surface area contributed by atoms with Crippen molar-refractivity contribution in [1.29, 1.82) is 0 Å². The van der Waals surface area contributed by atoms with E-state index in [1.807, 2.05) is 0 Å². The molecule has 2 aromatic heterocycles. The van der Waals surface area contributed by atoms with E-state index < -0.39 is 39.7 Å². The van der Waals surface area contributed by atoms with Crippen LogP contribution in [0.4, 0.5) is 0 Å². The number of hydrogen-bond acceptors (Lipinski definition) is 8. The molecule has 11 heteroatoms. The molecule has 2 aromatic rings. The van der Waals surface area contributed by atoms with Crippen molar-refractivity contribution in [2.45, 2.75) is 68.5 Å². The fourth-order valence-corrected chi connectivity index (χ4v) is 6.54. The number of sulfonamides is 1. The molecule has 1 aliphatic carbocycles. The van der Waals surface area contributed by atoms with Gasteiger partial charge in [0.25, 0.3) is 21.8 Å². The van der Waals surface area contributed by atoms with Gasteiger partial charge in [-0.25, -0.2) is 9.29 Å². The summed E-state index contributed by atoms with van der Waals surface area (Å²) in [6, 6.07) is 5.08. The largest absolute Gasteiger partial charge is 0.459 e. The molecule has 194 valence electrons. The minimum absolute atomic E-state index is 0.0188. The predicted molar refractivity (Wildman–Crippen MR) is 130 cm³/mol. The summed E-state index contributed by atoms with van der Waals surface area (Å²) in [4.78, 5) is 44.0. The van der Waals surface area contributed by atoms with Gasteiger partial charge in [-0.05, 0) is 56.0 Å². The fraction of sp³-hybridized carbons (Fsp3) is 0.520. The van der Waals surface area contributed by atoms with E-state index >= 15 is 0 Å². The summed E-state index contributed by atoms with van der Waals surface area (Å²) < 4.78 is 33.4. The maximum Gasteiger partial charge on any atom is 0.287 e. The van der Waals surface area contributed by atoms with Crippen LogP contribution in [0.2, 0.25) is 0 Å². The number of ketones is 1. The molecule has 0 spiro atoms. The van der Waals surface area contributed by atoms with Crippen LogP contribution in [-0.2, 0) is 19.6 Å². The molecule has 3 heterocycles. The monoisotopic (exact) mass is 516 g/mol. The van der Waals surface area contributed by atoms with Crippen LogP contribution in [0.5, 0.6) is 0 Å². The van der Waals surface area contributed by atoms with Crippen LogP contribution in [0.3, 0.4) is 0 Å². The SMILES string of the molecule is O=C(NC(CC1CCCCC1)C(=O)N([C@H]1CCCNCC1=O)S(=O)(=O)c1ccccn1)c1ccco1. The summed E-state index contributed by atoms with van der Waals surface area (Å²) in [5.74, 6) is -1.67. The zero-order valence-corrected chi connectivity index (χ0v) is 20.9. The number of pyridine rings is 1. The van der Waals surface area contributed by atoms with Crippen LogP contribution in [0.1, 0.15) is 61.9 Å². The minimum Gasteiger partial charge on any atom is -0.459 e. The van der Waals surface area contributed by atoms with Crippen LogP contribution in [0.25, 0.3) is 0 Å². The van der Waals surface area contributed by atoms with Gasteiger partial charge in [-0.1, -0.05) is 38.2 Å². The highest BCUT2D eigenvalue weighted by Gasteiger charge is 2.44. The van der Waals surface area contributed by atoms with E-state index in [9.17, 15) is 22.8 Å². The molecule has 10 nitrogen and oxygen atoms in total. The second-order valence-corrected chi connectivity index (χ2v) is 11.1. The fourth-order valence-electron chi connectivity index (χ4n) is 4.97. The number of carbonyl (C=O) groups excluding carboxylic acids is 3. The molecule has 2 fully saturated rings. The first-order chi connectivity index (χ1) is 17.4. The Bertz CT molecular complexity index is 1150. The van der Waals surface area contributed by atoms with Crippen molar-refractivity contribution in [1.82, 2.24) is 19.9 Å². The molecular weight excluding hydrogens is 484 g/mol. The Labute approximate surface area is 210 Å². The van der Waals surface area contributed by atoms with Crippen LogP contribution in [0, 0.1) is 5.92 Å². The average Bonchev–Trinajstić information content (AvgIpc) is 3.35. The van der Waals surface area contributed by atoms with E-state index in [4.69, 9.17) is 4.42 Å². The number of amides is 2. The molecule has 0 radical (unpaired) electrons.